The minimum Gasteiger partial charge on any atom is -0.807 e. The van der Waals surface area contributed by atoms with Crippen molar-refractivity contribution < 1.29 is 31.3 Å². The molecule has 0 bridgehead atoms. The van der Waals surface area contributed by atoms with Crippen molar-refractivity contribution in [3.8, 4) is 0 Å². The molecule has 2 aliphatic rings. The third kappa shape index (κ3) is 11.0. The Morgan fingerprint density at radius 2 is 0.919 bits per heavy atom. The summed E-state index contributed by atoms with van der Waals surface area (Å²) in [5, 5.41) is 21.6. The van der Waals surface area contributed by atoms with E-state index in [1.807, 2.05) is 167 Å². The maximum Gasteiger partial charge on any atom is 0.118 e. The van der Waals surface area contributed by atoms with Crippen LogP contribution < -0.4 is 0 Å². The Morgan fingerprint density at radius 1 is 0.568 bits per heavy atom. The van der Waals surface area contributed by atoms with Gasteiger partial charge >= 0.3 is 0 Å². The van der Waals surface area contributed by atoms with E-state index in [9.17, 15) is 10.5 Å². The quantitative estimate of drug-likeness (QED) is 0.238. The van der Waals surface area contributed by atoms with Crippen molar-refractivity contribution >= 4 is 5.71 Å². The minimum atomic E-state index is -1.10. The Balaban J connectivity index is 0.000000362. The Morgan fingerprint density at radius 3 is 1.30 bits per heavy atom. The van der Waals surface area contributed by atoms with Crippen molar-refractivity contribution in [2.24, 2.45) is 0 Å². The van der Waals surface area contributed by atoms with E-state index in [4.69, 9.17) is 0 Å². The van der Waals surface area contributed by atoms with Crippen molar-refractivity contribution in [1.82, 2.24) is 0 Å². The van der Waals surface area contributed by atoms with Gasteiger partial charge in [0.1, 0.15) is 5.60 Å². The molecule has 2 saturated carbocycles. The number of benzene rings is 3. The normalized spacial score (nSPS) is 14.6. The number of hydrogen-bond donors (Lipinski definition) is 1. The molecule has 5 rings (SSSR count). The molecule has 10 radical (unpaired) electrons. The van der Waals surface area contributed by atoms with Crippen LogP contribution in [0.3, 0.4) is 0 Å². The van der Waals surface area contributed by atoms with E-state index < -0.39 is 5.60 Å². The molecule has 0 spiro atoms. The van der Waals surface area contributed by atoms with E-state index >= 15 is 0 Å². The largest absolute Gasteiger partial charge is 0.807 e. The van der Waals surface area contributed by atoms with Gasteiger partial charge in [0.15, 0.2) is 0 Å². The summed E-state index contributed by atoms with van der Waals surface area (Å²) in [4.78, 5) is 0. The van der Waals surface area contributed by atoms with Crippen LogP contribution in [0.1, 0.15) is 29.5 Å². The van der Waals surface area contributed by atoms with Gasteiger partial charge in [-0.25, -0.2) is 0 Å². The summed E-state index contributed by atoms with van der Waals surface area (Å²) in [5.41, 5.74) is 1.75. The van der Waals surface area contributed by atoms with Gasteiger partial charge in [-0.1, -0.05) is 103 Å². The number of rotatable bonds is 7. The summed E-state index contributed by atoms with van der Waals surface area (Å²) in [5.74, 6) is 0. The average molecular weight is 562 g/mol. The Bertz CT molecular complexity index is 945. The first-order valence-corrected chi connectivity index (χ1v) is 12.1. The number of hydrogen-bond acceptors (Lipinski definition) is 1. The van der Waals surface area contributed by atoms with Gasteiger partial charge in [-0.2, -0.15) is 5.71 Å². The van der Waals surface area contributed by atoms with Gasteiger partial charge in [0.05, 0.1) is 0 Å². The van der Waals surface area contributed by atoms with Crippen LogP contribution in [0.15, 0.2) is 103 Å². The van der Waals surface area contributed by atoms with Crippen LogP contribution in [0.2, 0.25) is 0 Å². The fourth-order valence-electron chi connectivity index (χ4n) is 3.67. The molecule has 0 saturated heterocycles. The molecule has 2 nitrogen and oxygen atoms in total. The molecule has 3 aromatic carbocycles. The van der Waals surface area contributed by atoms with Gasteiger partial charge in [0.25, 0.3) is 0 Å². The standard InChI is InChI=1S/C24H22NO.2C5H5.Zr/c25-23(20-12-4-1-5-13-20)18-10-11-19-24(26,21-14-6-2-7-15-21)22-16-8-3-9-17-22;2*1-2-4-5-3-1;/h1-17,26H,18-19H2;2*1-5H;/q-1;;;/b11-10+;;;. The van der Waals surface area contributed by atoms with Crippen LogP contribution in [0.5, 0.6) is 0 Å². The molecule has 0 aliphatic heterocycles. The molecule has 2 aliphatic carbocycles. The molecule has 0 aromatic heterocycles. The molecule has 1 N–H and O–H groups in total. The molecule has 184 valence electrons. The van der Waals surface area contributed by atoms with Gasteiger partial charge in [-0.3, -0.25) is 0 Å². The van der Waals surface area contributed by atoms with Gasteiger partial charge in [0.2, 0.25) is 0 Å². The van der Waals surface area contributed by atoms with Crippen molar-refractivity contribution in [2.75, 3.05) is 0 Å². The van der Waals surface area contributed by atoms with Crippen molar-refractivity contribution in [3.05, 3.63) is 189 Å². The monoisotopic (exact) mass is 560 g/mol. The number of nitrogens with zero attached hydrogens (tertiary/aromatic N) is 1. The molecule has 0 atom stereocenters. The zero-order chi connectivity index (χ0) is 25.3. The van der Waals surface area contributed by atoms with Crippen LogP contribution in [0.25, 0.3) is 5.41 Å². The second-order valence-corrected chi connectivity index (χ2v) is 8.21. The third-order valence-corrected chi connectivity index (χ3v) is 5.61. The van der Waals surface area contributed by atoms with E-state index in [1.54, 1.807) is 0 Å². The van der Waals surface area contributed by atoms with Crippen molar-refractivity contribution in [2.45, 2.75) is 18.4 Å². The molecular weight excluding hydrogens is 530 g/mol. The Hall–Kier alpha value is -2.09. The molecule has 3 aromatic rings. The second kappa shape index (κ2) is 18.2. The van der Waals surface area contributed by atoms with Crippen LogP contribution in [-0.4, -0.2) is 10.8 Å². The van der Waals surface area contributed by atoms with Gasteiger partial charge in [0, 0.05) is 32.6 Å². The second-order valence-electron chi connectivity index (χ2n) is 8.21. The zero-order valence-corrected chi connectivity index (χ0v) is 23.4. The van der Waals surface area contributed by atoms with Crippen molar-refractivity contribution in [3.63, 3.8) is 0 Å². The Kier molecular flexibility index (Phi) is 15.3. The SMILES string of the molecule is [CH]1[CH][CH][CH][CH]1.[CH]1[CH][CH][CH][CH]1.[N-]=C(C/C=C/CC(O)(c1ccccc1)c1ccccc1)c1ccccc1.[Zr]. The van der Waals surface area contributed by atoms with Crippen LogP contribution in [-0.2, 0) is 31.8 Å². The smallest absolute Gasteiger partial charge is 0.118 e. The predicted octanol–water partition coefficient (Wildman–Crippen LogP) is 7.36. The topological polar surface area (TPSA) is 42.5 Å². The van der Waals surface area contributed by atoms with E-state index in [2.05, 4.69) is 0 Å². The summed E-state index contributed by atoms with van der Waals surface area (Å²) in [6, 6.07) is 28.9. The minimum absolute atomic E-state index is 0. The molecular formula is C34H32NOZr-. The maximum atomic E-state index is 11.4. The van der Waals surface area contributed by atoms with Crippen LogP contribution in [0, 0.1) is 64.2 Å². The van der Waals surface area contributed by atoms with Gasteiger partial charge < -0.3 is 10.5 Å². The Labute approximate surface area is 243 Å². The molecule has 0 heterocycles. The molecule has 0 amide bonds. The average Bonchev–Trinajstić information content (AvgIpc) is 3.72. The number of allylic oxidation sites excluding steroid dienone is 1. The molecule has 3 heteroatoms. The molecule has 0 unspecified atom stereocenters. The maximum absolute atomic E-state index is 11.4. The third-order valence-electron chi connectivity index (χ3n) is 5.61. The van der Waals surface area contributed by atoms with E-state index in [0.29, 0.717) is 18.6 Å². The van der Waals surface area contributed by atoms with Crippen LogP contribution >= 0.6 is 0 Å². The summed E-state index contributed by atoms with van der Waals surface area (Å²) in [7, 11) is 0. The molecule has 2 fully saturated rings. The summed E-state index contributed by atoms with van der Waals surface area (Å²) in [6.07, 6.45) is 24.7. The van der Waals surface area contributed by atoms with Crippen LogP contribution in [0.4, 0.5) is 0 Å². The van der Waals surface area contributed by atoms with Crippen molar-refractivity contribution in [1.29, 1.82) is 0 Å². The first-order chi connectivity index (χ1) is 17.7. The zero-order valence-electron chi connectivity index (χ0n) is 20.9. The summed E-state index contributed by atoms with van der Waals surface area (Å²) < 4.78 is 0. The first kappa shape index (κ1) is 31.1. The number of aliphatic hydroxyl groups is 1. The van der Waals surface area contributed by atoms with Gasteiger partial charge in [-0.05, 0) is 87.3 Å². The van der Waals surface area contributed by atoms with E-state index in [1.165, 1.54) is 0 Å². The van der Waals surface area contributed by atoms with E-state index in [0.717, 1.165) is 16.7 Å². The predicted molar refractivity (Wildman–Crippen MR) is 151 cm³/mol. The summed E-state index contributed by atoms with van der Waals surface area (Å²) >= 11 is 0. The van der Waals surface area contributed by atoms with Gasteiger partial charge in [-0.15, -0.1) is 0 Å². The fourth-order valence-corrected chi connectivity index (χ4v) is 3.67. The fraction of sp³-hybridized carbons (Fsp3) is 0.0882. The summed E-state index contributed by atoms with van der Waals surface area (Å²) in [6.45, 7) is 0. The first-order valence-electron chi connectivity index (χ1n) is 12.1. The molecule has 37 heavy (non-hydrogen) atoms. The van der Waals surface area contributed by atoms with E-state index in [-0.39, 0.29) is 26.2 Å².